The van der Waals surface area contributed by atoms with Crippen molar-refractivity contribution in [3.63, 3.8) is 0 Å². The third-order valence-electron chi connectivity index (χ3n) is 5.04. The third-order valence-corrected chi connectivity index (χ3v) is 5.04. The Morgan fingerprint density at radius 2 is 2.00 bits per heavy atom. The van der Waals surface area contributed by atoms with Crippen LogP contribution in [0.15, 0.2) is 24.3 Å². The van der Waals surface area contributed by atoms with Crippen molar-refractivity contribution in [1.82, 2.24) is 10.2 Å². The van der Waals surface area contributed by atoms with Crippen LogP contribution in [-0.4, -0.2) is 56.4 Å². The van der Waals surface area contributed by atoms with Crippen LogP contribution in [0.1, 0.15) is 31.7 Å². The summed E-state index contributed by atoms with van der Waals surface area (Å²) < 4.78 is 0. The molecule has 1 unspecified atom stereocenters. The second-order valence-corrected chi connectivity index (χ2v) is 7.02. The van der Waals surface area contributed by atoms with Crippen molar-refractivity contribution in [2.75, 3.05) is 45.2 Å². The fourth-order valence-corrected chi connectivity index (χ4v) is 3.36. The summed E-state index contributed by atoms with van der Waals surface area (Å²) in [6.45, 7) is 6.68. The molecule has 4 heteroatoms. The van der Waals surface area contributed by atoms with Gasteiger partial charge in [0.2, 0.25) is 0 Å². The zero-order chi connectivity index (χ0) is 16.7. The van der Waals surface area contributed by atoms with E-state index in [-0.39, 0.29) is 6.61 Å². The van der Waals surface area contributed by atoms with Gasteiger partial charge in [0.05, 0.1) is 0 Å². The number of nitrogens with one attached hydrogen (secondary N) is 1. The van der Waals surface area contributed by atoms with Gasteiger partial charge in [-0.1, -0.05) is 25.1 Å². The van der Waals surface area contributed by atoms with Gasteiger partial charge in [0, 0.05) is 31.9 Å². The summed E-state index contributed by atoms with van der Waals surface area (Å²) in [6.07, 6.45) is 3.34. The largest absolute Gasteiger partial charge is 0.396 e. The normalized spacial score (nSPS) is 18.1. The quantitative estimate of drug-likeness (QED) is 0.771. The molecule has 1 aliphatic rings. The van der Waals surface area contributed by atoms with E-state index in [0.717, 1.165) is 19.5 Å². The molecule has 130 valence electrons. The van der Waals surface area contributed by atoms with Crippen LogP contribution in [-0.2, 0) is 6.54 Å². The van der Waals surface area contributed by atoms with E-state index in [1.54, 1.807) is 0 Å². The van der Waals surface area contributed by atoms with Crippen LogP contribution < -0.4 is 10.2 Å². The minimum atomic E-state index is 0.276. The van der Waals surface area contributed by atoms with E-state index in [0.29, 0.717) is 12.0 Å². The van der Waals surface area contributed by atoms with Crippen molar-refractivity contribution < 1.29 is 5.11 Å². The minimum Gasteiger partial charge on any atom is -0.396 e. The molecule has 1 saturated heterocycles. The maximum atomic E-state index is 8.99. The van der Waals surface area contributed by atoms with E-state index in [2.05, 4.69) is 60.4 Å². The highest BCUT2D eigenvalue weighted by atomic mass is 16.3. The molecular formula is C19H33N3O. The molecule has 0 saturated carbocycles. The number of anilines is 1. The molecule has 23 heavy (non-hydrogen) atoms. The number of hydrogen-bond donors (Lipinski definition) is 2. The van der Waals surface area contributed by atoms with Crippen LogP contribution in [0.5, 0.6) is 0 Å². The molecule has 1 aliphatic heterocycles. The summed E-state index contributed by atoms with van der Waals surface area (Å²) in [5.74, 6) is 0.513. The maximum Gasteiger partial charge on any atom is 0.0434 e. The van der Waals surface area contributed by atoms with E-state index >= 15 is 0 Å². The highest BCUT2D eigenvalue weighted by Crippen LogP contribution is 2.25. The lowest BCUT2D eigenvalue weighted by molar-refractivity contribution is 0.252. The lowest BCUT2D eigenvalue weighted by Gasteiger charge is -2.37. The fourth-order valence-electron chi connectivity index (χ4n) is 3.36. The van der Waals surface area contributed by atoms with Crippen LogP contribution in [0.25, 0.3) is 0 Å². The summed E-state index contributed by atoms with van der Waals surface area (Å²) >= 11 is 0. The molecular weight excluding hydrogens is 286 g/mol. The lowest BCUT2D eigenvalue weighted by Crippen LogP contribution is -2.42. The SMILES string of the molecule is CC(CCO)CNCc1ccccc1N(C)C1CCN(C)CC1. The summed E-state index contributed by atoms with van der Waals surface area (Å²) in [5, 5.41) is 12.5. The zero-order valence-corrected chi connectivity index (χ0v) is 15.0. The van der Waals surface area contributed by atoms with Crippen molar-refractivity contribution in [1.29, 1.82) is 0 Å². The molecule has 1 aromatic carbocycles. The molecule has 2 rings (SSSR count). The number of nitrogens with zero attached hydrogens (tertiary/aromatic N) is 2. The lowest BCUT2D eigenvalue weighted by atomic mass is 10.0. The molecule has 0 amide bonds. The Hall–Kier alpha value is -1.10. The van der Waals surface area contributed by atoms with E-state index < -0.39 is 0 Å². The number of aliphatic hydroxyl groups is 1. The van der Waals surface area contributed by atoms with E-state index in [1.165, 1.54) is 37.2 Å². The van der Waals surface area contributed by atoms with Gasteiger partial charge in [-0.3, -0.25) is 0 Å². The van der Waals surface area contributed by atoms with Gasteiger partial charge in [-0.25, -0.2) is 0 Å². The highest BCUT2D eigenvalue weighted by Gasteiger charge is 2.22. The first-order valence-electron chi connectivity index (χ1n) is 8.92. The number of piperidine rings is 1. The fraction of sp³-hybridized carbons (Fsp3) is 0.684. The Bertz CT molecular complexity index is 458. The Morgan fingerprint density at radius 3 is 2.70 bits per heavy atom. The predicted molar refractivity (Wildman–Crippen MR) is 97.9 cm³/mol. The monoisotopic (exact) mass is 319 g/mol. The van der Waals surface area contributed by atoms with Crippen molar-refractivity contribution in [2.45, 2.75) is 38.8 Å². The molecule has 1 aromatic rings. The van der Waals surface area contributed by atoms with E-state index in [9.17, 15) is 0 Å². The number of para-hydroxylation sites is 1. The van der Waals surface area contributed by atoms with Gasteiger partial charge in [-0.15, -0.1) is 0 Å². The first-order chi connectivity index (χ1) is 11.1. The van der Waals surface area contributed by atoms with Crippen LogP contribution in [0.2, 0.25) is 0 Å². The molecule has 0 aromatic heterocycles. The Kier molecular flexibility index (Phi) is 7.34. The average molecular weight is 319 g/mol. The smallest absolute Gasteiger partial charge is 0.0434 e. The number of hydrogen-bond acceptors (Lipinski definition) is 4. The second-order valence-electron chi connectivity index (χ2n) is 7.02. The van der Waals surface area contributed by atoms with Gasteiger partial charge in [0.1, 0.15) is 0 Å². The Morgan fingerprint density at radius 1 is 1.30 bits per heavy atom. The molecule has 1 atom stereocenters. The van der Waals surface area contributed by atoms with E-state index in [1.807, 2.05) is 0 Å². The summed E-state index contributed by atoms with van der Waals surface area (Å²) in [6, 6.07) is 9.37. The van der Waals surface area contributed by atoms with Crippen LogP contribution in [0.4, 0.5) is 5.69 Å². The topological polar surface area (TPSA) is 38.7 Å². The third kappa shape index (κ3) is 5.48. The van der Waals surface area contributed by atoms with Gasteiger partial charge >= 0.3 is 0 Å². The van der Waals surface area contributed by atoms with Crippen LogP contribution in [0.3, 0.4) is 0 Å². The van der Waals surface area contributed by atoms with Crippen molar-refractivity contribution in [3.8, 4) is 0 Å². The number of benzene rings is 1. The number of rotatable bonds is 8. The highest BCUT2D eigenvalue weighted by molar-refractivity contribution is 5.53. The van der Waals surface area contributed by atoms with Crippen molar-refractivity contribution in [3.05, 3.63) is 29.8 Å². The molecule has 0 radical (unpaired) electrons. The predicted octanol–water partition coefficient (Wildman–Crippen LogP) is 2.33. The summed E-state index contributed by atoms with van der Waals surface area (Å²) in [5.41, 5.74) is 2.72. The van der Waals surface area contributed by atoms with Crippen molar-refractivity contribution in [2.24, 2.45) is 5.92 Å². The molecule has 1 heterocycles. The maximum absolute atomic E-state index is 8.99. The van der Waals surface area contributed by atoms with Gasteiger partial charge in [0.25, 0.3) is 0 Å². The summed E-state index contributed by atoms with van der Waals surface area (Å²) in [7, 11) is 4.45. The summed E-state index contributed by atoms with van der Waals surface area (Å²) in [4.78, 5) is 4.89. The molecule has 2 N–H and O–H groups in total. The number of aliphatic hydroxyl groups excluding tert-OH is 1. The minimum absolute atomic E-state index is 0.276. The first-order valence-corrected chi connectivity index (χ1v) is 8.92. The molecule has 0 aliphatic carbocycles. The Balaban J connectivity index is 1.94. The average Bonchev–Trinajstić information content (AvgIpc) is 2.56. The standard InChI is InChI=1S/C19H33N3O/c1-16(10-13-23)14-20-15-17-6-4-5-7-19(17)22(3)18-8-11-21(2)12-9-18/h4-7,16,18,20,23H,8-15H2,1-3H3. The second kappa shape index (κ2) is 9.26. The molecule has 0 bridgehead atoms. The van der Waals surface area contributed by atoms with Gasteiger partial charge in [-0.05, 0) is 63.5 Å². The molecule has 1 fully saturated rings. The first kappa shape index (κ1) is 18.2. The van der Waals surface area contributed by atoms with Gasteiger partial charge < -0.3 is 20.2 Å². The zero-order valence-electron chi connectivity index (χ0n) is 15.0. The Labute approximate surface area is 141 Å². The molecule has 0 spiro atoms. The van der Waals surface area contributed by atoms with Crippen LogP contribution in [0, 0.1) is 5.92 Å². The van der Waals surface area contributed by atoms with Crippen LogP contribution >= 0.6 is 0 Å². The molecule has 4 nitrogen and oxygen atoms in total. The van der Waals surface area contributed by atoms with Gasteiger partial charge in [0.15, 0.2) is 0 Å². The van der Waals surface area contributed by atoms with Gasteiger partial charge in [-0.2, -0.15) is 0 Å². The number of likely N-dealkylation sites (tertiary alicyclic amines) is 1. The van der Waals surface area contributed by atoms with E-state index in [4.69, 9.17) is 5.11 Å². The van der Waals surface area contributed by atoms with Crippen molar-refractivity contribution >= 4 is 5.69 Å².